The molecule has 0 fully saturated rings. The number of anilines is 2. The lowest BCUT2D eigenvalue weighted by Gasteiger charge is -2.25. The first-order valence-electron chi connectivity index (χ1n) is 6.62. The van der Waals surface area contributed by atoms with E-state index in [0.29, 0.717) is 29.9 Å². The second-order valence-electron chi connectivity index (χ2n) is 4.86. The Bertz CT molecular complexity index is 398. The molecule has 5 nitrogen and oxygen atoms in total. The number of hydrogen-bond acceptors (Lipinski definition) is 5. The summed E-state index contributed by atoms with van der Waals surface area (Å²) in [5.74, 6) is 1.21. The Morgan fingerprint density at radius 1 is 1.32 bits per heavy atom. The number of hydrogen-bond donors (Lipinski definition) is 2. The van der Waals surface area contributed by atoms with E-state index in [1.807, 2.05) is 20.8 Å². The SMILES string of the molecule is CCCNc1ncc(Cl)c(NCC(C)(C)OCC)n1. The molecular formula is C13H23ClN4O. The highest BCUT2D eigenvalue weighted by atomic mass is 35.5. The standard InChI is InChI=1S/C13H23ClN4O/c1-5-7-15-12-16-8-10(14)11(18-12)17-9-13(3,4)19-6-2/h8H,5-7,9H2,1-4H3,(H2,15,16,17,18). The van der Waals surface area contributed by atoms with E-state index < -0.39 is 0 Å². The molecule has 0 atom stereocenters. The third kappa shape index (κ3) is 5.61. The first-order valence-corrected chi connectivity index (χ1v) is 7.00. The molecule has 0 unspecified atom stereocenters. The maximum atomic E-state index is 6.08. The molecule has 0 aromatic carbocycles. The number of nitrogens with zero attached hydrogens (tertiary/aromatic N) is 2. The van der Waals surface area contributed by atoms with Crippen LogP contribution in [0.15, 0.2) is 6.20 Å². The van der Waals surface area contributed by atoms with Gasteiger partial charge in [-0.15, -0.1) is 0 Å². The average molecular weight is 287 g/mol. The average Bonchev–Trinajstić information content (AvgIpc) is 2.36. The third-order valence-electron chi connectivity index (χ3n) is 2.49. The van der Waals surface area contributed by atoms with Crippen molar-refractivity contribution in [1.29, 1.82) is 0 Å². The van der Waals surface area contributed by atoms with E-state index in [1.54, 1.807) is 6.20 Å². The van der Waals surface area contributed by atoms with Gasteiger partial charge < -0.3 is 15.4 Å². The van der Waals surface area contributed by atoms with Crippen molar-refractivity contribution in [2.45, 2.75) is 39.7 Å². The zero-order valence-electron chi connectivity index (χ0n) is 12.1. The quantitative estimate of drug-likeness (QED) is 0.769. The summed E-state index contributed by atoms with van der Waals surface area (Å²) in [6.45, 7) is 10.3. The summed E-state index contributed by atoms with van der Waals surface area (Å²) >= 11 is 6.08. The molecule has 0 aliphatic heterocycles. The van der Waals surface area contributed by atoms with Crippen molar-refractivity contribution < 1.29 is 4.74 Å². The fourth-order valence-electron chi connectivity index (χ4n) is 1.55. The molecule has 0 bridgehead atoms. The minimum atomic E-state index is -0.264. The number of rotatable bonds is 8. The highest BCUT2D eigenvalue weighted by Gasteiger charge is 2.18. The van der Waals surface area contributed by atoms with Crippen LogP contribution in [0.2, 0.25) is 5.02 Å². The Balaban J connectivity index is 2.66. The maximum absolute atomic E-state index is 6.08. The number of aromatic nitrogens is 2. The zero-order chi connectivity index (χ0) is 14.3. The molecule has 6 heteroatoms. The van der Waals surface area contributed by atoms with Gasteiger partial charge in [0.25, 0.3) is 0 Å². The van der Waals surface area contributed by atoms with Crippen LogP contribution in [-0.2, 0) is 4.74 Å². The summed E-state index contributed by atoms with van der Waals surface area (Å²) in [6, 6.07) is 0. The van der Waals surface area contributed by atoms with Crippen molar-refractivity contribution in [3.05, 3.63) is 11.2 Å². The lowest BCUT2D eigenvalue weighted by Crippen LogP contribution is -2.33. The van der Waals surface area contributed by atoms with Gasteiger partial charge in [-0.1, -0.05) is 18.5 Å². The molecule has 1 heterocycles. The molecular weight excluding hydrogens is 264 g/mol. The van der Waals surface area contributed by atoms with Crippen LogP contribution in [0.4, 0.5) is 11.8 Å². The molecule has 1 aromatic heterocycles. The molecule has 0 saturated carbocycles. The second kappa shape index (κ2) is 7.50. The first-order chi connectivity index (χ1) is 8.98. The van der Waals surface area contributed by atoms with Gasteiger partial charge in [-0.2, -0.15) is 4.98 Å². The fourth-order valence-corrected chi connectivity index (χ4v) is 1.71. The highest BCUT2D eigenvalue weighted by Crippen LogP contribution is 2.20. The van der Waals surface area contributed by atoms with E-state index in [9.17, 15) is 0 Å². The topological polar surface area (TPSA) is 59.1 Å². The molecule has 0 aliphatic rings. The number of halogens is 1. The predicted octanol–water partition coefficient (Wildman–Crippen LogP) is 3.18. The summed E-state index contributed by atoms with van der Waals surface area (Å²) in [7, 11) is 0. The maximum Gasteiger partial charge on any atom is 0.224 e. The van der Waals surface area contributed by atoms with E-state index in [-0.39, 0.29) is 5.60 Å². The monoisotopic (exact) mass is 286 g/mol. The second-order valence-corrected chi connectivity index (χ2v) is 5.27. The predicted molar refractivity (Wildman–Crippen MR) is 80.0 cm³/mol. The minimum absolute atomic E-state index is 0.264. The Hall–Kier alpha value is -1.07. The van der Waals surface area contributed by atoms with Gasteiger partial charge in [0.1, 0.15) is 5.02 Å². The van der Waals surface area contributed by atoms with Crippen LogP contribution in [0.1, 0.15) is 34.1 Å². The van der Waals surface area contributed by atoms with Gasteiger partial charge in [0.05, 0.1) is 11.8 Å². The molecule has 1 aromatic rings. The molecule has 0 amide bonds. The van der Waals surface area contributed by atoms with Crippen molar-refractivity contribution in [2.75, 3.05) is 30.3 Å². The van der Waals surface area contributed by atoms with Crippen LogP contribution >= 0.6 is 11.6 Å². The van der Waals surface area contributed by atoms with Crippen LogP contribution in [0.25, 0.3) is 0 Å². The van der Waals surface area contributed by atoms with E-state index in [4.69, 9.17) is 16.3 Å². The molecule has 2 N–H and O–H groups in total. The summed E-state index contributed by atoms with van der Waals surface area (Å²) in [5, 5.41) is 6.85. The molecule has 0 aliphatic carbocycles. The van der Waals surface area contributed by atoms with Gasteiger partial charge in [-0.3, -0.25) is 0 Å². The molecule has 19 heavy (non-hydrogen) atoms. The largest absolute Gasteiger partial charge is 0.374 e. The molecule has 108 valence electrons. The molecule has 0 radical (unpaired) electrons. The summed E-state index contributed by atoms with van der Waals surface area (Å²) in [4.78, 5) is 8.48. The van der Waals surface area contributed by atoms with Crippen LogP contribution in [-0.4, -0.2) is 35.3 Å². The highest BCUT2D eigenvalue weighted by molar-refractivity contribution is 6.32. The lowest BCUT2D eigenvalue weighted by atomic mass is 10.1. The molecule has 0 saturated heterocycles. The Kier molecular flexibility index (Phi) is 6.31. The van der Waals surface area contributed by atoms with Crippen molar-refractivity contribution in [3.8, 4) is 0 Å². The first kappa shape index (κ1) is 16.0. The third-order valence-corrected chi connectivity index (χ3v) is 2.77. The van der Waals surface area contributed by atoms with E-state index >= 15 is 0 Å². The minimum Gasteiger partial charge on any atom is -0.374 e. The van der Waals surface area contributed by atoms with E-state index in [1.165, 1.54) is 0 Å². The fraction of sp³-hybridized carbons (Fsp3) is 0.692. The Morgan fingerprint density at radius 2 is 2.05 bits per heavy atom. The number of nitrogens with one attached hydrogen (secondary N) is 2. The Labute approximate surface area is 120 Å². The van der Waals surface area contributed by atoms with E-state index in [0.717, 1.165) is 13.0 Å². The summed E-state index contributed by atoms with van der Waals surface area (Å²) in [5.41, 5.74) is -0.264. The van der Waals surface area contributed by atoms with Crippen LogP contribution in [0.3, 0.4) is 0 Å². The summed E-state index contributed by atoms with van der Waals surface area (Å²) in [6.07, 6.45) is 2.62. The van der Waals surface area contributed by atoms with Crippen LogP contribution in [0, 0.1) is 0 Å². The van der Waals surface area contributed by atoms with Gasteiger partial charge >= 0.3 is 0 Å². The van der Waals surface area contributed by atoms with Crippen molar-refractivity contribution in [1.82, 2.24) is 9.97 Å². The Morgan fingerprint density at radius 3 is 2.68 bits per heavy atom. The van der Waals surface area contributed by atoms with Gasteiger partial charge in [0.2, 0.25) is 5.95 Å². The van der Waals surface area contributed by atoms with Gasteiger partial charge in [-0.25, -0.2) is 4.98 Å². The van der Waals surface area contributed by atoms with Gasteiger partial charge in [0, 0.05) is 19.7 Å². The summed E-state index contributed by atoms with van der Waals surface area (Å²) < 4.78 is 5.62. The van der Waals surface area contributed by atoms with Gasteiger partial charge in [0.15, 0.2) is 5.82 Å². The molecule has 0 spiro atoms. The van der Waals surface area contributed by atoms with Crippen LogP contribution in [0.5, 0.6) is 0 Å². The zero-order valence-corrected chi connectivity index (χ0v) is 12.8. The lowest BCUT2D eigenvalue weighted by molar-refractivity contribution is 0.000644. The van der Waals surface area contributed by atoms with Crippen molar-refractivity contribution >= 4 is 23.4 Å². The normalized spacial score (nSPS) is 11.4. The van der Waals surface area contributed by atoms with Crippen molar-refractivity contribution in [3.63, 3.8) is 0 Å². The van der Waals surface area contributed by atoms with Gasteiger partial charge in [-0.05, 0) is 27.2 Å². The smallest absolute Gasteiger partial charge is 0.224 e. The van der Waals surface area contributed by atoms with Crippen molar-refractivity contribution in [2.24, 2.45) is 0 Å². The van der Waals surface area contributed by atoms with Crippen LogP contribution < -0.4 is 10.6 Å². The number of ether oxygens (including phenoxy) is 1. The molecule has 1 rings (SSSR count). The van der Waals surface area contributed by atoms with E-state index in [2.05, 4.69) is 27.5 Å².